The third kappa shape index (κ3) is 4.55. The number of nitro groups is 1. The second-order valence-electron chi connectivity index (χ2n) is 6.38. The van der Waals surface area contributed by atoms with Crippen molar-refractivity contribution in [3.63, 3.8) is 0 Å². The predicted molar refractivity (Wildman–Crippen MR) is 108 cm³/mol. The van der Waals surface area contributed by atoms with Crippen LogP contribution in [-0.4, -0.2) is 54.3 Å². The molecule has 0 fully saturated rings. The van der Waals surface area contributed by atoms with Crippen LogP contribution >= 0.6 is 0 Å². The zero-order valence-electron chi connectivity index (χ0n) is 17.3. The molecule has 0 N–H and O–H groups in total. The average Bonchev–Trinajstić information content (AvgIpc) is 3.25. The van der Waals surface area contributed by atoms with Crippen molar-refractivity contribution in [3.8, 4) is 28.7 Å². The topological polar surface area (TPSA) is 130 Å². The molecular weight excluding hydrogens is 408 g/mol. The number of rotatable bonds is 8. The Kier molecular flexibility index (Phi) is 6.34. The molecule has 3 rings (SSSR count). The standard InChI is InChI=1S/C20H20N4O7/c1-23(20(25)13-6-7-15(28-2)14(9-13)24(26)27)11-18-21-22-19(31-18)12-5-8-16(29-3)17(10-12)30-4/h5-10H,11H2,1-4H3. The molecule has 0 radical (unpaired) electrons. The highest BCUT2D eigenvalue weighted by molar-refractivity contribution is 5.95. The molecule has 31 heavy (non-hydrogen) atoms. The molecule has 2 aromatic carbocycles. The van der Waals surface area contributed by atoms with Crippen molar-refractivity contribution in [1.82, 2.24) is 15.1 Å². The molecule has 0 unspecified atom stereocenters. The van der Waals surface area contributed by atoms with E-state index in [1.54, 1.807) is 18.2 Å². The minimum absolute atomic E-state index is 0.0128. The van der Waals surface area contributed by atoms with Crippen LogP contribution in [0.4, 0.5) is 5.69 Å². The van der Waals surface area contributed by atoms with Crippen molar-refractivity contribution < 1.29 is 28.3 Å². The van der Waals surface area contributed by atoms with Crippen LogP contribution < -0.4 is 14.2 Å². The maximum atomic E-state index is 12.7. The van der Waals surface area contributed by atoms with E-state index in [-0.39, 0.29) is 35.3 Å². The van der Waals surface area contributed by atoms with Gasteiger partial charge in [0.15, 0.2) is 17.2 Å². The van der Waals surface area contributed by atoms with Gasteiger partial charge in [-0.1, -0.05) is 0 Å². The number of hydrogen-bond donors (Lipinski definition) is 0. The number of methoxy groups -OCH3 is 3. The van der Waals surface area contributed by atoms with Crippen molar-refractivity contribution in [1.29, 1.82) is 0 Å². The fraction of sp³-hybridized carbons (Fsp3) is 0.250. The van der Waals surface area contributed by atoms with Gasteiger partial charge in [-0.25, -0.2) is 0 Å². The number of hydrogen-bond acceptors (Lipinski definition) is 9. The van der Waals surface area contributed by atoms with Crippen LogP contribution in [0, 0.1) is 10.1 Å². The Bertz CT molecular complexity index is 1110. The highest BCUT2D eigenvalue weighted by Gasteiger charge is 2.21. The highest BCUT2D eigenvalue weighted by Crippen LogP contribution is 2.32. The minimum atomic E-state index is -0.608. The van der Waals surface area contributed by atoms with Gasteiger partial charge in [0.05, 0.1) is 32.8 Å². The summed E-state index contributed by atoms with van der Waals surface area (Å²) in [7, 11) is 5.90. The van der Waals surface area contributed by atoms with E-state index in [1.807, 2.05) is 0 Å². The van der Waals surface area contributed by atoms with Crippen LogP contribution in [0.15, 0.2) is 40.8 Å². The number of amides is 1. The maximum Gasteiger partial charge on any atom is 0.311 e. The number of aromatic nitrogens is 2. The fourth-order valence-corrected chi connectivity index (χ4v) is 2.86. The van der Waals surface area contributed by atoms with E-state index in [0.717, 1.165) is 0 Å². The Balaban J connectivity index is 1.77. The summed E-state index contributed by atoms with van der Waals surface area (Å²) in [6.45, 7) is 0.0128. The summed E-state index contributed by atoms with van der Waals surface area (Å²) in [6.07, 6.45) is 0. The molecule has 0 atom stereocenters. The Labute approximate surface area is 177 Å². The van der Waals surface area contributed by atoms with E-state index in [9.17, 15) is 14.9 Å². The summed E-state index contributed by atoms with van der Waals surface area (Å²) in [6, 6.07) is 9.14. The first kappa shape index (κ1) is 21.6. The Morgan fingerprint density at radius 1 is 1.03 bits per heavy atom. The second kappa shape index (κ2) is 9.11. The molecule has 0 saturated heterocycles. The van der Waals surface area contributed by atoms with Crippen LogP contribution in [0.25, 0.3) is 11.5 Å². The van der Waals surface area contributed by atoms with Gasteiger partial charge in [0.2, 0.25) is 11.8 Å². The van der Waals surface area contributed by atoms with Crippen LogP contribution in [0.2, 0.25) is 0 Å². The van der Waals surface area contributed by atoms with E-state index >= 15 is 0 Å². The van der Waals surface area contributed by atoms with E-state index in [2.05, 4.69) is 10.2 Å². The van der Waals surface area contributed by atoms with Crippen LogP contribution in [0.3, 0.4) is 0 Å². The largest absolute Gasteiger partial charge is 0.493 e. The first-order chi connectivity index (χ1) is 14.9. The third-order valence-electron chi connectivity index (χ3n) is 4.44. The molecule has 3 aromatic rings. The molecule has 0 aliphatic rings. The molecule has 0 aliphatic heterocycles. The van der Waals surface area contributed by atoms with Gasteiger partial charge >= 0.3 is 5.69 Å². The van der Waals surface area contributed by atoms with Crippen LogP contribution in [0.1, 0.15) is 16.2 Å². The van der Waals surface area contributed by atoms with Crippen LogP contribution in [-0.2, 0) is 6.54 Å². The minimum Gasteiger partial charge on any atom is -0.493 e. The summed E-state index contributed by atoms with van der Waals surface area (Å²) in [5.41, 5.74) is 0.459. The van der Waals surface area contributed by atoms with Gasteiger partial charge in [-0.05, 0) is 30.3 Å². The van der Waals surface area contributed by atoms with Crippen molar-refractivity contribution in [2.75, 3.05) is 28.4 Å². The van der Waals surface area contributed by atoms with Crippen molar-refractivity contribution in [3.05, 3.63) is 58.0 Å². The van der Waals surface area contributed by atoms with Crippen molar-refractivity contribution >= 4 is 11.6 Å². The number of carbonyl (C=O) groups excluding carboxylic acids is 1. The first-order valence-corrected chi connectivity index (χ1v) is 9.00. The van der Waals surface area contributed by atoms with Gasteiger partial charge in [-0.2, -0.15) is 0 Å². The second-order valence-corrected chi connectivity index (χ2v) is 6.38. The first-order valence-electron chi connectivity index (χ1n) is 9.00. The highest BCUT2D eigenvalue weighted by atomic mass is 16.6. The van der Waals surface area contributed by atoms with Crippen LogP contribution in [0.5, 0.6) is 17.2 Å². The van der Waals surface area contributed by atoms with Gasteiger partial charge in [-0.15, -0.1) is 10.2 Å². The Morgan fingerprint density at radius 3 is 2.35 bits per heavy atom. The third-order valence-corrected chi connectivity index (χ3v) is 4.44. The van der Waals surface area contributed by atoms with Gasteiger partial charge < -0.3 is 23.5 Å². The lowest BCUT2D eigenvalue weighted by atomic mass is 10.1. The molecule has 0 bridgehead atoms. The Morgan fingerprint density at radius 2 is 1.71 bits per heavy atom. The number of nitrogens with zero attached hydrogens (tertiary/aromatic N) is 4. The zero-order chi connectivity index (χ0) is 22.5. The molecule has 1 heterocycles. The van der Waals surface area contributed by atoms with Gasteiger partial charge in [0.25, 0.3) is 5.91 Å². The van der Waals surface area contributed by atoms with Gasteiger partial charge in [0, 0.05) is 24.2 Å². The number of ether oxygens (including phenoxy) is 3. The SMILES string of the molecule is COc1ccc(-c2nnc(CN(C)C(=O)c3ccc(OC)c([N+](=O)[O-])c3)o2)cc1OC. The predicted octanol–water partition coefficient (Wildman–Crippen LogP) is 2.94. The number of benzene rings is 2. The number of nitro benzene ring substituents is 1. The quantitative estimate of drug-likeness (QED) is 0.392. The molecule has 0 aliphatic carbocycles. The van der Waals surface area contributed by atoms with E-state index in [1.165, 1.54) is 51.5 Å². The molecular formula is C20H20N4O7. The summed E-state index contributed by atoms with van der Waals surface area (Å²) in [5.74, 6) is 1.14. The normalized spacial score (nSPS) is 10.5. The summed E-state index contributed by atoms with van der Waals surface area (Å²) in [5, 5.41) is 19.2. The monoisotopic (exact) mass is 428 g/mol. The maximum absolute atomic E-state index is 12.7. The summed E-state index contributed by atoms with van der Waals surface area (Å²) in [4.78, 5) is 24.6. The summed E-state index contributed by atoms with van der Waals surface area (Å²) >= 11 is 0. The molecule has 11 heteroatoms. The van der Waals surface area contributed by atoms with Gasteiger partial charge in [-0.3, -0.25) is 14.9 Å². The molecule has 162 valence electrons. The lowest BCUT2D eigenvalue weighted by Crippen LogP contribution is -2.26. The van der Waals surface area contributed by atoms with Crippen molar-refractivity contribution in [2.45, 2.75) is 6.54 Å². The fourth-order valence-electron chi connectivity index (χ4n) is 2.86. The molecule has 0 spiro atoms. The Hall–Kier alpha value is -4.15. The van der Waals surface area contributed by atoms with E-state index < -0.39 is 10.8 Å². The molecule has 1 aromatic heterocycles. The lowest BCUT2D eigenvalue weighted by Gasteiger charge is -2.15. The zero-order valence-corrected chi connectivity index (χ0v) is 17.3. The van der Waals surface area contributed by atoms with Gasteiger partial charge in [0.1, 0.15) is 0 Å². The average molecular weight is 428 g/mol. The smallest absolute Gasteiger partial charge is 0.311 e. The molecule has 11 nitrogen and oxygen atoms in total. The number of carbonyl (C=O) groups is 1. The van der Waals surface area contributed by atoms with E-state index in [4.69, 9.17) is 18.6 Å². The molecule has 1 amide bonds. The van der Waals surface area contributed by atoms with Crippen molar-refractivity contribution in [2.24, 2.45) is 0 Å². The molecule has 0 saturated carbocycles. The lowest BCUT2D eigenvalue weighted by molar-refractivity contribution is -0.385. The summed E-state index contributed by atoms with van der Waals surface area (Å²) < 4.78 is 21.1. The van der Waals surface area contributed by atoms with E-state index in [0.29, 0.717) is 17.1 Å².